The average molecular weight is 298 g/mol. The molecule has 0 aliphatic heterocycles. The maximum absolute atomic E-state index is 14.1. The summed E-state index contributed by atoms with van der Waals surface area (Å²) in [5, 5.41) is 2.91. The molecule has 20 heavy (non-hydrogen) atoms. The van der Waals surface area contributed by atoms with E-state index in [1.807, 2.05) is 0 Å². The van der Waals surface area contributed by atoms with Crippen LogP contribution in [0.25, 0.3) is 0 Å². The summed E-state index contributed by atoms with van der Waals surface area (Å²) in [6.07, 6.45) is 0. The maximum atomic E-state index is 14.1. The highest BCUT2D eigenvalue weighted by molar-refractivity contribution is 6.30. The van der Waals surface area contributed by atoms with Gasteiger partial charge < -0.3 is 10.1 Å². The van der Waals surface area contributed by atoms with Crippen molar-refractivity contribution in [3.8, 4) is 5.75 Å². The van der Waals surface area contributed by atoms with Gasteiger partial charge in [-0.1, -0.05) is 29.8 Å². The SMILES string of the molecule is CNC(c1ccc(OC)cc1F)c1cccc(Cl)c1F. The molecule has 0 aromatic heterocycles. The van der Waals surface area contributed by atoms with Crippen LogP contribution in [0.15, 0.2) is 36.4 Å². The predicted octanol–water partition coefficient (Wildman–Crippen LogP) is 3.94. The Labute approximate surface area is 121 Å². The van der Waals surface area contributed by atoms with Gasteiger partial charge in [0.05, 0.1) is 18.2 Å². The van der Waals surface area contributed by atoms with Crippen molar-refractivity contribution in [2.75, 3.05) is 14.2 Å². The first-order valence-corrected chi connectivity index (χ1v) is 6.41. The maximum Gasteiger partial charge on any atom is 0.146 e. The molecule has 0 spiro atoms. The molecule has 0 saturated carbocycles. The molecule has 0 heterocycles. The Hall–Kier alpha value is -1.65. The fourth-order valence-corrected chi connectivity index (χ4v) is 2.27. The third-order valence-corrected chi connectivity index (χ3v) is 3.39. The fraction of sp³-hybridized carbons (Fsp3) is 0.200. The molecule has 0 saturated heterocycles. The van der Waals surface area contributed by atoms with Crippen LogP contribution in [0, 0.1) is 11.6 Å². The third kappa shape index (κ3) is 2.76. The number of nitrogens with one attached hydrogen (secondary N) is 1. The summed E-state index contributed by atoms with van der Waals surface area (Å²) in [7, 11) is 3.09. The van der Waals surface area contributed by atoms with Gasteiger partial charge in [0.2, 0.25) is 0 Å². The molecular formula is C15H14ClF2NO. The van der Waals surface area contributed by atoms with E-state index in [2.05, 4.69) is 5.32 Å². The molecule has 0 fully saturated rings. The van der Waals surface area contributed by atoms with Gasteiger partial charge >= 0.3 is 0 Å². The van der Waals surface area contributed by atoms with Crippen LogP contribution in [0.2, 0.25) is 5.02 Å². The molecule has 1 atom stereocenters. The van der Waals surface area contributed by atoms with E-state index in [9.17, 15) is 8.78 Å². The van der Waals surface area contributed by atoms with Crippen LogP contribution >= 0.6 is 11.6 Å². The summed E-state index contributed by atoms with van der Waals surface area (Å²) in [6.45, 7) is 0. The summed E-state index contributed by atoms with van der Waals surface area (Å²) in [5.41, 5.74) is 0.624. The number of halogens is 3. The van der Waals surface area contributed by atoms with Crippen molar-refractivity contribution in [2.24, 2.45) is 0 Å². The lowest BCUT2D eigenvalue weighted by atomic mass is 9.97. The summed E-state index contributed by atoms with van der Waals surface area (Å²) in [4.78, 5) is 0. The summed E-state index contributed by atoms with van der Waals surface area (Å²) in [5.74, 6) is -0.612. The van der Waals surface area contributed by atoms with Gasteiger partial charge in [-0.05, 0) is 19.2 Å². The molecule has 2 nitrogen and oxygen atoms in total. The van der Waals surface area contributed by atoms with Crippen LogP contribution in [0.5, 0.6) is 5.75 Å². The number of rotatable bonds is 4. The van der Waals surface area contributed by atoms with E-state index in [1.165, 1.54) is 19.2 Å². The van der Waals surface area contributed by atoms with Gasteiger partial charge in [0, 0.05) is 17.2 Å². The number of benzene rings is 2. The van der Waals surface area contributed by atoms with Gasteiger partial charge in [-0.15, -0.1) is 0 Å². The predicted molar refractivity (Wildman–Crippen MR) is 75.3 cm³/mol. The van der Waals surface area contributed by atoms with E-state index < -0.39 is 17.7 Å². The minimum atomic E-state index is -0.625. The smallest absolute Gasteiger partial charge is 0.146 e. The molecular weight excluding hydrogens is 284 g/mol. The Balaban J connectivity index is 2.50. The van der Waals surface area contributed by atoms with Crippen LogP contribution in [0.3, 0.4) is 0 Å². The van der Waals surface area contributed by atoms with E-state index in [-0.39, 0.29) is 5.02 Å². The van der Waals surface area contributed by atoms with Crippen molar-refractivity contribution in [2.45, 2.75) is 6.04 Å². The average Bonchev–Trinajstić information content (AvgIpc) is 2.45. The van der Waals surface area contributed by atoms with Crippen LogP contribution in [0.1, 0.15) is 17.2 Å². The Morgan fingerprint density at radius 3 is 2.50 bits per heavy atom. The lowest BCUT2D eigenvalue weighted by Crippen LogP contribution is -2.20. The molecule has 0 bridgehead atoms. The molecule has 2 rings (SSSR count). The molecule has 0 aliphatic carbocycles. The third-order valence-electron chi connectivity index (χ3n) is 3.10. The van der Waals surface area contributed by atoms with Gasteiger partial charge in [0.25, 0.3) is 0 Å². The Morgan fingerprint density at radius 1 is 1.15 bits per heavy atom. The first kappa shape index (κ1) is 14.8. The van der Waals surface area contributed by atoms with E-state index >= 15 is 0 Å². The molecule has 0 radical (unpaired) electrons. The van der Waals surface area contributed by atoms with Crippen LogP contribution < -0.4 is 10.1 Å². The zero-order valence-corrected chi connectivity index (χ0v) is 11.8. The summed E-state index contributed by atoms with van der Waals surface area (Å²) >= 11 is 5.77. The monoisotopic (exact) mass is 297 g/mol. The van der Waals surface area contributed by atoms with Gasteiger partial charge in [0.15, 0.2) is 0 Å². The highest BCUT2D eigenvalue weighted by Crippen LogP contribution is 2.30. The van der Waals surface area contributed by atoms with Crippen LogP contribution in [0.4, 0.5) is 8.78 Å². The molecule has 5 heteroatoms. The standard InChI is InChI=1S/C15H14ClF2NO/c1-19-15(11-4-3-5-12(16)14(11)18)10-7-6-9(20-2)8-13(10)17/h3-8,15,19H,1-2H3. The lowest BCUT2D eigenvalue weighted by Gasteiger charge is -2.19. The Morgan fingerprint density at radius 2 is 1.90 bits per heavy atom. The van der Waals surface area contributed by atoms with Crippen LogP contribution in [-0.4, -0.2) is 14.2 Å². The minimum Gasteiger partial charge on any atom is -0.497 e. The zero-order chi connectivity index (χ0) is 14.7. The molecule has 106 valence electrons. The molecule has 1 unspecified atom stereocenters. The Bertz CT molecular complexity index is 619. The van der Waals surface area contributed by atoms with Gasteiger partial charge in [-0.3, -0.25) is 0 Å². The van der Waals surface area contributed by atoms with Crippen LogP contribution in [-0.2, 0) is 0 Å². The highest BCUT2D eigenvalue weighted by Gasteiger charge is 2.21. The summed E-state index contributed by atoms with van der Waals surface area (Å²) < 4.78 is 33.2. The van der Waals surface area contributed by atoms with Crippen molar-refractivity contribution < 1.29 is 13.5 Å². The zero-order valence-electron chi connectivity index (χ0n) is 11.1. The lowest BCUT2D eigenvalue weighted by molar-refractivity contribution is 0.410. The van der Waals surface area contributed by atoms with Gasteiger partial charge in [0.1, 0.15) is 17.4 Å². The molecule has 0 aliphatic rings. The topological polar surface area (TPSA) is 21.3 Å². The quantitative estimate of drug-likeness (QED) is 0.923. The van der Waals surface area contributed by atoms with Crippen molar-refractivity contribution in [1.82, 2.24) is 5.32 Å². The van der Waals surface area contributed by atoms with E-state index in [0.717, 1.165) is 0 Å². The number of methoxy groups -OCH3 is 1. The Kier molecular flexibility index (Phi) is 4.57. The highest BCUT2D eigenvalue weighted by atomic mass is 35.5. The minimum absolute atomic E-state index is 0.0108. The fourth-order valence-electron chi connectivity index (χ4n) is 2.09. The molecule has 2 aromatic carbocycles. The normalized spacial score (nSPS) is 12.2. The molecule has 2 aromatic rings. The van der Waals surface area contributed by atoms with Crippen molar-refractivity contribution in [3.05, 3.63) is 64.2 Å². The second-order valence-electron chi connectivity index (χ2n) is 4.25. The number of hydrogen-bond donors (Lipinski definition) is 1. The van der Waals surface area contributed by atoms with Crippen molar-refractivity contribution in [3.63, 3.8) is 0 Å². The number of ether oxygens (including phenoxy) is 1. The number of hydrogen-bond acceptors (Lipinski definition) is 2. The molecule has 1 N–H and O–H groups in total. The van der Waals surface area contributed by atoms with Gasteiger partial charge in [-0.2, -0.15) is 0 Å². The van der Waals surface area contributed by atoms with Gasteiger partial charge in [-0.25, -0.2) is 8.78 Å². The first-order chi connectivity index (χ1) is 9.58. The second kappa shape index (κ2) is 6.20. The summed E-state index contributed by atoms with van der Waals surface area (Å²) in [6, 6.07) is 8.50. The van der Waals surface area contributed by atoms with E-state index in [1.54, 1.807) is 31.3 Å². The first-order valence-electron chi connectivity index (χ1n) is 6.03. The largest absolute Gasteiger partial charge is 0.497 e. The van der Waals surface area contributed by atoms with Crippen molar-refractivity contribution >= 4 is 11.6 Å². The van der Waals surface area contributed by atoms with Crippen molar-refractivity contribution in [1.29, 1.82) is 0 Å². The second-order valence-corrected chi connectivity index (χ2v) is 4.66. The van der Waals surface area contributed by atoms with E-state index in [0.29, 0.717) is 16.9 Å². The van der Waals surface area contributed by atoms with E-state index in [4.69, 9.17) is 16.3 Å². The molecule has 0 amide bonds.